The van der Waals surface area contributed by atoms with E-state index < -0.39 is 0 Å². The molecule has 0 radical (unpaired) electrons. The van der Waals surface area contributed by atoms with Crippen LogP contribution in [0.1, 0.15) is 42.3 Å². The molecule has 5 rings (SSSR count). The van der Waals surface area contributed by atoms with Crippen LogP contribution in [0.3, 0.4) is 0 Å². The Bertz CT molecular complexity index is 1100. The van der Waals surface area contributed by atoms with Crippen LogP contribution >= 0.6 is 0 Å². The zero-order valence-corrected chi connectivity index (χ0v) is 18.7. The van der Waals surface area contributed by atoms with Gasteiger partial charge in [0.25, 0.3) is 5.56 Å². The van der Waals surface area contributed by atoms with Crippen LogP contribution in [0.2, 0.25) is 0 Å². The van der Waals surface area contributed by atoms with Gasteiger partial charge in [-0.3, -0.25) is 14.5 Å². The molecule has 3 heterocycles. The van der Waals surface area contributed by atoms with E-state index in [1.54, 1.807) is 0 Å². The minimum absolute atomic E-state index is 0.00228. The Hall–Kier alpha value is -2.70. The molecule has 6 heteroatoms. The number of carbonyl (C=O) groups excluding carboxylic acids is 1. The van der Waals surface area contributed by atoms with E-state index in [-0.39, 0.29) is 48.0 Å². The Morgan fingerprint density at radius 3 is 2.53 bits per heavy atom. The number of rotatable bonds is 5. The van der Waals surface area contributed by atoms with Gasteiger partial charge in [-0.05, 0) is 49.6 Å². The number of allylic oxidation sites excluding steroid dienone is 1. The van der Waals surface area contributed by atoms with Crippen molar-refractivity contribution in [2.75, 3.05) is 13.2 Å². The Balaban J connectivity index is 1.41. The molecule has 2 aromatic rings. The molecule has 1 fully saturated rings. The lowest BCUT2D eigenvalue weighted by molar-refractivity contribution is -0.128. The maximum Gasteiger partial charge on any atom is 0.258 e. The van der Waals surface area contributed by atoms with Crippen molar-refractivity contribution < 1.29 is 9.90 Å². The van der Waals surface area contributed by atoms with E-state index in [1.165, 1.54) is 11.1 Å². The lowest BCUT2D eigenvalue weighted by atomic mass is 9.88. The van der Waals surface area contributed by atoms with Crippen LogP contribution < -0.4 is 10.9 Å². The van der Waals surface area contributed by atoms with E-state index in [0.29, 0.717) is 18.7 Å². The highest BCUT2D eigenvalue weighted by Crippen LogP contribution is 2.49. The lowest BCUT2D eigenvalue weighted by Crippen LogP contribution is -2.51. The highest BCUT2D eigenvalue weighted by molar-refractivity contribution is 5.83. The van der Waals surface area contributed by atoms with E-state index in [2.05, 4.69) is 29.3 Å². The normalized spacial score (nSPS) is 27.0. The van der Waals surface area contributed by atoms with Crippen LogP contribution in [0.15, 0.2) is 47.3 Å². The van der Waals surface area contributed by atoms with Gasteiger partial charge in [0.15, 0.2) is 0 Å². The molecule has 6 nitrogen and oxygen atoms in total. The summed E-state index contributed by atoms with van der Waals surface area (Å²) in [6, 6.07) is 11.9. The summed E-state index contributed by atoms with van der Waals surface area (Å²) in [5.74, 6) is -0.157. The number of benzene rings is 1. The predicted molar refractivity (Wildman–Crippen MR) is 124 cm³/mol. The number of aromatic nitrogens is 1. The second kappa shape index (κ2) is 8.34. The highest BCUT2D eigenvalue weighted by atomic mass is 16.3. The summed E-state index contributed by atoms with van der Waals surface area (Å²) < 4.78 is 1.84. The monoisotopic (exact) mass is 433 g/mol. The van der Waals surface area contributed by atoms with Gasteiger partial charge in [-0.2, -0.15) is 0 Å². The molecule has 1 aliphatic carbocycles. The lowest BCUT2D eigenvalue weighted by Gasteiger charge is -2.30. The molecule has 168 valence electrons. The predicted octanol–water partition coefficient (Wildman–Crippen LogP) is 2.15. The van der Waals surface area contributed by atoms with Crippen LogP contribution in [0.25, 0.3) is 6.08 Å². The fourth-order valence-electron chi connectivity index (χ4n) is 6.25. The summed E-state index contributed by atoms with van der Waals surface area (Å²) in [6.07, 6.45) is 5.41. The molecule has 0 unspecified atom stereocenters. The van der Waals surface area contributed by atoms with Gasteiger partial charge in [0.1, 0.15) is 0 Å². The van der Waals surface area contributed by atoms with Gasteiger partial charge in [-0.25, -0.2) is 0 Å². The van der Waals surface area contributed by atoms with Gasteiger partial charge >= 0.3 is 0 Å². The molecule has 1 aromatic heterocycles. The zero-order chi connectivity index (χ0) is 22.4. The molecule has 4 atom stereocenters. The van der Waals surface area contributed by atoms with Crippen LogP contribution in [0.5, 0.6) is 0 Å². The van der Waals surface area contributed by atoms with Crippen molar-refractivity contribution in [2.45, 2.75) is 51.4 Å². The molecule has 2 aliphatic heterocycles. The molecule has 1 aromatic carbocycles. The largest absolute Gasteiger partial charge is 0.396 e. The molecule has 1 amide bonds. The third-order valence-electron chi connectivity index (χ3n) is 7.60. The van der Waals surface area contributed by atoms with Crippen LogP contribution in [0.4, 0.5) is 0 Å². The summed E-state index contributed by atoms with van der Waals surface area (Å²) in [7, 11) is 0. The van der Waals surface area contributed by atoms with Crippen molar-refractivity contribution in [3.63, 3.8) is 0 Å². The van der Waals surface area contributed by atoms with E-state index in [9.17, 15) is 14.7 Å². The van der Waals surface area contributed by atoms with Gasteiger partial charge in [-0.1, -0.05) is 43.3 Å². The maximum absolute atomic E-state index is 13.5. The number of likely N-dealkylation sites (N-methyl/N-ethyl adjacent to an activating group) is 1. The topological polar surface area (TPSA) is 74.6 Å². The fourth-order valence-corrected chi connectivity index (χ4v) is 6.25. The molecule has 0 spiro atoms. The summed E-state index contributed by atoms with van der Waals surface area (Å²) in [6.45, 7) is 5.12. The van der Waals surface area contributed by atoms with Gasteiger partial charge in [-0.15, -0.1) is 0 Å². The fraction of sp³-hybridized carbons (Fsp3) is 0.462. The first-order chi connectivity index (χ1) is 15.6. The number of nitrogens with one attached hydrogen (secondary N) is 1. The highest BCUT2D eigenvalue weighted by Gasteiger charge is 2.55. The van der Waals surface area contributed by atoms with Crippen LogP contribution in [-0.4, -0.2) is 45.7 Å². The number of aliphatic hydroxyl groups is 1. The number of amides is 1. The third-order valence-corrected chi connectivity index (χ3v) is 7.60. The standard InChI is InChI=1S/C26H31N3O3/c1-3-7-16-10-11-22-23-20(14-29(22)26(16)32)21(15-30)24(28(23)4-2)25(31)27-19-12-17-8-5-6-9-18(17)13-19/h3,5-11,19-21,23-24,30H,4,12-15H2,1-2H3,(H,27,31)/b7-3+/t20-,21-,23+,24-/m1/s1. The van der Waals surface area contributed by atoms with Crippen molar-refractivity contribution >= 4 is 12.0 Å². The van der Waals surface area contributed by atoms with Crippen LogP contribution in [0, 0.1) is 11.8 Å². The number of carbonyl (C=O) groups is 1. The summed E-state index contributed by atoms with van der Waals surface area (Å²) in [5.41, 5.74) is 4.24. The average molecular weight is 434 g/mol. The number of hydrogen-bond acceptors (Lipinski definition) is 4. The van der Waals surface area contributed by atoms with Gasteiger partial charge < -0.3 is 15.0 Å². The molecule has 32 heavy (non-hydrogen) atoms. The summed E-state index contributed by atoms with van der Waals surface area (Å²) in [5, 5.41) is 13.6. The number of likely N-dealkylation sites (tertiary alicyclic amines) is 1. The minimum atomic E-state index is -0.386. The first-order valence-electron chi connectivity index (χ1n) is 11.7. The first kappa shape index (κ1) is 21.2. The number of fused-ring (bicyclic) bond motifs is 4. The van der Waals surface area contributed by atoms with Gasteiger partial charge in [0.05, 0.1) is 12.1 Å². The smallest absolute Gasteiger partial charge is 0.258 e. The Morgan fingerprint density at radius 2 is 1.91 bits per heavy atom. The third kappa shape index (κ3) is 3.24. The Labute approximate surface area is 188 Å². The van der Waals surface area contributed by atoms with E-state index >= 15 is 0 Å². The SMILES string of the molecule is C/C=C/c1ccc2n(c1=O)C[C@@H]1[C@@H](CO)[C@H](C(=O)NC3Cc4ccccc4C3)N(CC)[C@H]21. The molecule has 2 N–H and O–H groups in total. The minimum Gasteiger partial charge on any atom is -0.396 e. The quantitative estimate of drug-likeness (QED) is 0.758. The zero-order valence-electron chi connectivity index (χ0n) is 18.7. The summed E-state index contributed by atoms with van der Waals surface area (Å²) in [4.78, 5) is 28.7. The molecular weight excluding hydrogens is 402 g/mol. The van der Waals surface area contributed by atoms with E-state index in [4.69, 9.17) is 0 Å². The van der Waals surface area contributed by atoms with Crippen molar-refractivity contribution in [1.82, 2.24) is 14.8 Å². The van der Waals surface area contributed by atoms with Crippen molar-refractivity contribution in [3.05, 3.63) is 75.2 Å². The Morgan fingerprint density at radius 1 is 1.19 bits per heavy atom. The van der Waals surface area contributed by atoms with Gasteiger partial charge in [0.2, 0.25) is 5.91 Å². The summed E-state index contributed by atoms with van der Waals surface area (Å²) >= 11 is 0. The number of nitrogens with zero attached hydrogens (tertiary/aromatic N) is 2. The molecule has 1 saturated heterocycles. The second-order valence-electron chi connectivity index (χ2n) is 9.24. The van der Waals surface area contributed by atoms with E-state index in [0.717, 1.165) is 18.5 Å². The van der Waals surface area contributed by atoms with Crippen molar-refractivity contribution in [1.29, 1.82) is 0 Å². The molecular formula is C26H31N3O3. The number of aliphatic hydroxyl groups excluding tert-OH is 1. The molecule has 3 aliphatic rings. The van der Waals surface area contributed by atoms with Crippen molar-refractivity contribution in [2.24, 2.45) is 11.8 Å². The second-order valence-corrected chi connectivity index (χ2v) is 9.24. The van der Waals surface area contributed by atoms with E-state index in [1.807, 2.05) is 47.9 Å². The maximum atomic E-state index is 13.5. The van der Waals surface area contributed by atoms with Crippen LogP contribution in [-0.2, 0) is 24.2 Å². The van der Waals surface area contributed by atoms with Gasteiger partial charge in [0, 0.05) is 42.3 Å². The molecule has 0 saturated carbocycles. The first-order valence-corrected chi connectivity index (χ1v) is 11.7. The number of hydrogen-bond donors (Lipinski definition) is 2. The average Bonchev–Trinajstić information content (AvgIpc) is 3.45. The number of pyridine rings is 1. The Kier molecular flexibility index (Phi) is 5.51. The molecule has 0 bridgehead atoms. The van der Waals surface area contributed by atoms with Crippen molar-refractivity contribution in [3.8, 4) is 0 Å².